The lowest BCUT2D eigenvalue weighted by Crippen LogP contribution is -2.48. The number of imide groups is 1. The van der Waals surface area contributed by atoms with E-state index < -0.39 is 5.97 Å². The molecule has 2 rings (SSSR count). The molecule has 1 spiro atoms. The average molecular weight is 281 g/mol. The van der Waals surface area contributed by atoms with Crippen LogP contribution in [0.25, 0.3) is 0 Å². The van der Waals surface area contributed by atoms with Crippen molar-refractivity contribution < 1.29 is 19.5 Å². The van der Waals surface area contributed by atoms with Crippen LogP contribution in [0.1, 0.15) is 58.3 Å². The number of nitrogens with zero attached hydrogens (tertiary/aromatic N) is 1. The van der Waals surface area contributed by atoms with E-state index in [9.17, 15) is 14.4 Å². The van der Waals surface area contributed by atoms with Crippen LogP contribution in [-0.2, 0) is 14.4 Å². The molecule has 0 aromatic rings. The summed E-state index contributed by atoms with van der Waals surface area (Å²) in [6.45, 7) is 2.25. The summed E-state index contributed by atoms with van der Waals surface area (Å²) >= 11 is 0. The highest BCUT2D eigenvalue weighted by Crippen LogP contribution is 2.46. The maximum Gasteiger partial charge on any atom is 0.303 e. The summed E-state index contributed by atoms with van der Waals surface area (Å²) < 4.78 is 0. The zero-order valence-electron chi connectivity index (χ0n) is 12.1. The fraction of sp³-hybridized carbons (Fsp3) is 0.800. The van der Waals surface area contributed by atoms with Gasteiger partial charge in [-0.15, -0.1) is 0 Å². The van der Waals surface area contributed by atoms with E-state index in [0.29, 0.717) is 25.8 Å². The Morgan fingerprint density at radius 3 is 2.30 bits per heavy atom. The Labute approximate surface area is 119 Å². The molecule has 2 fully saturated rings. The number of rotatable bonds is 5. The fourth-order valence-electron chi connectivity index (χ4n) is 3.49. The number of piperidine rings is 1. The second kappa shape index (κ2) is 5.94. The van der Waals surface area contributed by atoms with E-state index in [2.05, 4.69) is 0 Å². The molecular formula is C15H23NO4. The molecule has 2 amide bonds. The van der Waals surface area contributed by atoms with Crippen molar-refractivity contribution in [3.8, 4) is 0 Å². The van der Waals surface area contributed by atoms with E-state index in [-0.39, 0.29) is 29.6 Å². The molecule has 112 valence electrons. The first kappa shape index (κ1) is 15.0. The summed E-state index contributed by atoms with van der Waals surface area (Å²) in [5, 5.41) is 8.66. The number of amides is 2. The first-order valence-corrected chi connectivity index (χ1v) is 7.47. The van der Waals surface area contributed by atoms with E-state index >= 15 is 0 Å². The molecule has 5 nitrogen and oxygen atoms in total. The van der Waals surface area contributed by atoms with Gasteiger partial charge < -0.3 is 5.11 Å². The van der Waals surface area contributed by atoms with Gasteiger partial charge >= 0.3 is 5.97 Å². The Morgan fingerprint density at radius 1 is 1.25 bits per heavy atom. The quantitative estimate of drug-likeness (QED) is 0.784. The summed E-state index contributed by atoms with van der Waals surface area (Å²) in [5.41, 5.74) is -0.0605. The monoisotopic (exact) mass is 281 g/mol. The van der Waals surface area contributed by atoms with Gasteiger partial charge in [0.25, 0.3) is 0 Å². The molecule has 1 atom stereocenters. The number of carbonyl (C=O) groups is 3. The Hall–Kier alpha value is -1.39. The average Bonchev–Trinajstić information content (AvgIpc) is 2.79. The van der Waals surface area contributed by atoms with Gasteiger partial charge in [-0.1, -0.05) is 19.8 Å². The summed E-state index contributed by atoms with van der Waals surface area (Å²) in [5.74, 6) is -0.926. The van der Waals surface area contributed by atoms with Crippen LogP contribution >= 0.6 is 0 Å². The summed E-state index contributed by atoms with van der Waals surface area (Å²) in [7, 11) is 0. The Bertz CT molecular complexity index is 392. The predicted octanol–water partition coefficient (Wildman–Crippen LogP) is 2.20. The first-order valence-electron chi connectivity index (χ1n) is 7.47. The third-order valence-electron chi connectivity index (χ3n) is 4.66. The van der Waals surface area contributed by atoms with Gasteiger partial charge in [-0.25, -0.2) is 0 Å². The van der Waals surface area contributed by atoms with Crippen LogP contribution in [0.2, 0.25) is 0 Å². The Kier molecular flexibility index (Phi) is 4.45. The second-order valence-electron chi connectivity index (χ2n) is 6.50. The zero-order chi connectivity index (χ0) is 14.8. The molecule has 0 aromatic heterocycles. The van der Waals surface area contributed by atoms with Crippen molar-refractivity contribution in [3.63, 3.8) is 0 Å². The lowest BCUT2D eigenvalue weighted by atomic mass is 9.76. The van der Waals surface area contributed by atoms with Crippen molar-refractivity contribution in [1.82, 2.24) is 4.90 Å². The molecule has 1 aliphatic heterocycles. The van der Waals surface area contributed by atoms with Crippen molar-refractivity contribution in [3.05, 3.63) is 0 Å². The SMILES string of the molecule is CC(CCC(=O)O)CN1C(=O)CC2(CCCC2)CC1=O. The minimum Gasteiger partial charge on any atom is -0.481 e. The first-order chi connectivity index (χ1) is 9.42. The second-order valence-corrected chi connectivity index (χ2v) is 6.50. The van der Waals surface area contributed by atoms with Crippen molar-refractivity contribution in [2.24, 2.45) is 11.3 Å². The van der Waals surface area contributed by atoms with Gasteiger partial charge in [-0.05, 0) is 30.6 Å². The Balaban J connectivity index is 1.91. The summed E-state index contributed by atoms with van der Waals surface area (Å²) in [6, 6.07) is 0. The van der Waals surface area contributed by atoms with Crippen molar-refractivity contribution in [2.75, 3.05) is 6.54 Å². The number of hydrogen-bond acceptors (Lipinski definition) is 3. The van der Waals surface area contributed by atoms with Gasteiger partial charge in [0.05, 0.1) is 0 Å². The number of carboxylic acid groups (broad SMARTS) is 1. The van der Waals surface area contributed by atoms with Crippen LogP contribution in [0.5, 0.6) is 0 Å². The topological polar surface area (TPSA) is 74.7 Å². The molecule has 0 radical (unpaired) electrons. The van der Waals surface area contributed by atoms with E-state index in [1.807, 2.05) is 6.92 Å². The van der Waals surface area contributed by atoms with Gasteiger partial charge in [-0.2, -0.15) is 0 Å². The van der Waals surface area contributed by atoms with E-state index in [0.717, 1.165) is 25.7 Å². The molecule has 0 aromatic carbocycles. The third kappa shape index (κ3) is 3.38. The molecule has 1 saturated heterocycles. The standard InChI is InChI=1S/C15H23NO4/c1-11(4-5-14(19)20)10-16-12(17)8-15(9-13(16)18)6-2-3-7-15/h11H,2-10H2,1H3,(H,19,20). The van der Waals surface area contributed by atoms with Gasteiger partial charge in [0.15, 0.2) is 0 Å². The number of likely N-dealkylation sites (tertiary alicyclic amines) is 1. The molecular weight excluding hydrogens is 258 g/mol. The highest BCUT2D eigenvalue weighted by atomic mass is 16.4. The van der Waals surface area contributed by atoms with E-state index in [1.54, 1.807) is 0 Å². The van der Waals surface area contributed by atoms with Crippen molar-refractivity contribution in [2.45, 2.75) is 58.3 Å². The highest BCUT2D eigenvalue weighted by molar-refractivity contribution is 5.98. The number of carboxylic acids is 1. The molecule has 1 heterocycles. The highest BCUT2D eigenvalue weighted by Gasteiger charge is 2.45. The number of hydrogen-bond donors (Lipinski definition) is 1. The lowest BCUT2D eigenvalue weighted by Gasteiger charge is -2.38. The minimum absolute atomic E-state index is 0.0385. The lowest BCUT2D eigenvalue weighted by molar-refractivity contribution is -0.154. The van der Waals surface area contributed by atoms with Gasteiger partial charge in [-0.3, -0.25) is 19.3 Å². The molecule has 1 aliphatic carbocycles. The molecule has 1 N–H and O–H groups in total. The van der Waals surface area contributed by atoms with Crippen LogP contribution in [0.3, 0.4) is 0 Å². The zero-order valence-corrected chi connectivity index (χ0v) is 12.1. The third-order valence-corrected chi connectivity index (χ3v) is 4.66. The molecule has 1 unspecified atom stereocenters. The van der Waals surface area contributed by atoms with Gasteiger partial charge in [0.1, 0.15) is 0 Å². The number of aliphatic carboxylic acids is 1. The van der Waals surface area contributed by atoms with Gasteiger partial charge in [0.2, 0.25) is 11.8 Å². The normalized spacial score (nSPS) is 23.4. The van der Waals surface area contributed by atoms with E-state index in [4.69, 9.17) is 5.11 Å². The summed E-state index contributed by atoms with van der Waals surface area (Å²) in [4.78, 5) is 36.4. The minimum atomic E-state index is -0.835. The van der Waals surface area contributed by atoms with Crippen LogP contribution in [0.15, 0.2) is 0 Å². The van der Waals surface area contributed by atoms with Crippen LogP contribution in [0, 0.1) is 11.3 Å². The van der Waals surface area contributed by atoms with Crippen molar-refractivity contribution >= 4 is 17.8 Å². The maximum atomic E-state index is 12.2. The number of carbonyl (C=O) groups excluding carboxylic acids is 2. The molecule has 20 heavy (non-hydrogen) atoms. The predicted molar refractivity (Wildman–Crippen MR) is 72.9 cm³/mol. The van der Waals surface area contributed by atoms with Crippen LogP contribution < -0.4 is 0 Å². The van der Waals surface area contributed by atoms with Gasteiger partial charge in [0, 0.05) is 25.8 Å². The van der Waals surface area contributed by atoms with Crippen molar-refractivity contribution in [1.29, 1.82) is 0 Å². The fourth-order valence-corrected chi connectivity index (χ4v) is 3.49. The summed E-state index contributed by atoms with van der Waals surface area (Å²) in [6.07, 6.45) is 5.79. The smallest absolute Gasteiger partial charge is 0.303 e. The molecule has 2 aliphatic rings. The van der Waals surface area contributed by atoms with Crippen LogP contribution in [-0.4, -0.2) is 34.3 Å². The maximum absolute atomic E-state index is 12.2. The Morgan fingerprint density at radius 2 is 1.80 bits per heavy atom. The van der Waals surface area contributed by atoms with Crippen LogP contribution in [0.4, 0.5) is 0 Å². The molecule has 0 bridgehead atoms. The largest absolute Gasteiger partial charge is 0.481 e. The molecule has 1 saturated carbocycles. The van der Waals surface area contributed by atoms with E-state index in [1.165, 1.54) is 4.90 Å². The molecule has 5 heteroatoms.